The molecule has 0 saturated heterocycles. The van der Waals surface area contributed by atoms with Crippen LogP contribution < -0.4 is 10.6 Å². The number of amides is 2. The molecule has 0 spiro atoms. The third-order valence-electron chi connectivity index (χ3n) is 3.08. The van der Waals surface area contributed by atoms with Crippen LogP contribution in [0.1, 0.15) is 62.6 Å². The zero-order chi connectivity index (χ0) is 19.3. The van der Waals surface area contributed by atoms with Gasteiger partial charge in [-0.15, -0.1) is 5.10 Å². The number of thiazole rings is 1. The number of hydrogen-bond acceptors (Lipinski definition) is 7. The van der Waals surface area contributed by atoms with Crippen LogP contribution in [0.25, 0.3) is 5.13 Å². The third-order valence-corrected chi connectivity index (χ3v) is 4.06. The van der Waals surface area contributed by atoms with Crippen molar-refractivity contribution in [2.75, 3.05) is 6.54 Å². The maximum absolute atomic E-state index is 11.9. The summed E-state index contributed by atoms with van der Waals surface area (Å²) in [4.78, 5) is 32.7. The molecule has 2 aromatic heterocycles. The number of alkyl carbamates (subject to hydrolysis) is 1. The van der Waals surface area contributed by atoms with Gasteiger partial charge in [0.25, 0.3) is 5.91 Å². The van der Waals surface area contributed by atoms with Crippen LogP contribution in [0.2, 0.25) is 0 Å². The number of carbonyl (C=O) groups is 2. The highest BCUT2D eigenvalue weighted by atomic mass is 32.1. The monoisotopic (exact) mass is 380 g/mol. The normalized spacial score (nSPS) is 12.5. The lowest BCUT2D eigenvalue weighted by atomic mass is 10.2. The second kappa shape index (κ2) is 8.26. The summed E-state index contributed by atoms with van der Waals surface area (Å²) < 4.78 is 6.69. The van der Waals surface area contributed by atoms with Crippen molar-refractivity contribution in [3.8, 4) is 5.13 Å². The van der Waals surface area contributed by atoms with E-state index < -0.39 is 17.7 Å². The second-order valence-corrected chi connectivity index (χ2v) is 7.69. The zero-order valence-electron chi connectivity index (χ0n) is 15.6. The first-order valence-corrected chi connectivity index (χ1v) is 9.16. The molecule has 0 aliphatic rings. The lowest BCUT2D eigenvalue weighted by Gasteiger charge is -2.21. The molecule has 1 atom stereocenters. The topological polar surface area (TPSA) is 111 Å². The van der Waals surface area contributed by atoms with Gasteiger partial charge in [-0.2, -0.15) is 4.68 Å². The van der Waals surface area contributed by atoms with Gasteiger partial charge in [-0.3, -0.25) is 4.79 Å². The van der Waals surface area contributed by atoms with Crippen LogP contribution in [0.4, 0.5) is 4.79 Å². The van der Waals surface area contributed by atoms with Crippen LogP contribution >= 0.6 is 11.3 Å². The van der Waals surface area contributed by atoms with Crippen LogP contribution in [0, 0.1) is 0 Å². The van der Waals surface area contributed by atoms with Gasteiger partial charge in [0.15, 0.2) is 5.82 Å². The van der Waals surface area contributed by atoms with E-state index in [9.17, 15) is 9.59 Å². The SMILES string of the molecule is CCCNC(=O)c1cnc(-n2cnc([C@H](C)NC(=O)OC(C)(C)C)n2)s1. The Morgan fingerprint density at radius 2 is 2.08 bits per heavy atom. The largest absolute Gasteiger partial charge is 0.444 e. The molecule has 0 fully saturated rings. The Morgan fingerprint density at radius 3 is 2.73 bits per heavy atom. The summed E-state index contributed by atoms with van der Waals surface area (Å²) in [5.41, 5.74) is -0.577. The highest BCUT2D eigenvalue weighted by molar-refractivity contribution is 7.16. The van der Waals surface area contributed by atoms with Crippen LogP contribution in [-0.2, 0) is 4.74 Å². The van der Waals surface area contributed by atoms with Crippen molar-refractivity contribution in [2.24, 2.45) is 0 Å². The highest BCUT2D eigenvalue weighted by Crippen LogP contribution is 2.18. The Hall–Kier alpha value is -2.49. The number of nitrogens with one attached hydrogen (secondary N) is 2. The number of carbonyl (C=O) groups excluding carboxylic acids is 2. The highest BCUT2D eigenvalue weighted by Gasteiger charge is 2.20. The number of hydrogen-bond donors (Lipinski definition) is 2. The number of rotatable bonds is 6. The van der Waals surface area contributed by atoms with Crippen LogP contribution in [0.15, 0.2) is 12.5 Å². The standard InChI is InChI=1S/C16H24N6O3S/c1-6-7-17-13(23)11-8-18-14(26-11)22-9-19-12(21-22)10(2)20-15(24)25-16(3,4)5/h8-10H,6-7H2,1-5H3,(H,17,23)(H,20,24)/t10-/m0/s1. The summed E-state index contributed by atoms with van der Waals surface area (Å²) in [7, 11) is 0. The minimum atomic E-state index is -0.577. The molecule has 0 aliphatic heterocycles. The molecule has 2 heterocycles. The van der Waals surface area contributed by atoms with Gasteiger partial charge in [-0.25, -0.2) is 14.8 Å². The molecule has 9 nitrogen and oxygen atoms in total. The fraction of sp³-hybridized carbons (Fsp3) is 0.562. The average molecular weight is 380 g/mol. The molecular weight excluding hydrogens is 356 g/mol. The Bertz CT molecular complexity index is 764. The van der Waals surface area contributed by atoms with Gasteiger partial charge in [-0.1, -0.05) is 18.3 Å². The fourth-order valence-electron chi connectivity index (χ4n) is 1.92. The molecule has 0 saturated carbocycles. The summed E-state index contributed by atoms with van der Waals surface area (Å²) in [5.74, 6) is 0.263. The van der Waals surface area contributed by atoms with Crippen LogP contribution in [0.3, 0.4) is 0 Å². The lowest BCUT2D eigenvalue weighted by molar-refractivity contribution is 0.0505. The Kier molecular flexibility index (Phi) is 6.30. The molecule has 0 unspecified atom stereocenters. The molecule has 2 amide bonds. The quantitative estimate of drug-likeness (QED) is 0.796. The molecule has 0 aromatic carbocycles. The van der Waals surface area contributed by atoms with Gasteiger partial charge in [0.1, 0.15) is 16.8 Å². The smallest absolute Gasteiger partial charge is 0.408 e. The van der Waals surface area contributed by atoms with E-state index >= 15 is 0 Å². The molecular formula is C16H24N6O3S. The van der Waals surface area contributed by atoms with Gasteiger partial charge in [0, 0.05) is 6.54 Å². The first-order chi connectivity index (χ1) is 12.2. The van der Waals surface area contributed by atoms with E-state index in [1.165, 1.54) is 28.5 Å². The van der Waals surface area contributed by atoms with Crippen molar-refractivity contribution in [2.45, 2.75) is 52.7 Å². The van der Waals surface area contributed by atoms with Gasteiger partial charge < -0.3 is 15.4 Å². The van der Waals surface area contributed by atoms with E-state index in [1.54, 1.807) is 27.7 Å². The maximum atomic E-state index is 11.9. The minimum Gasteiger partial charge on any atom is -0.444 e. The summed E-state index contributed by atoms with van der Waals surface area (Å²) in [6.07, 6.45) is 3.33. The van der Waals surface area contributed by atoms with Gasteiger partial charge in [0.05, 0.1) is 12.2 Å². The first kappa shape index (κ1) is 19.8. The van der Waals surface area contributed by atoms with Gasteiger partial charge in [-0.05, 0) is 34.1 Å². The fourth-order valence-corrected chi connectivity index (χ4v) is 2.67. The predicted octanol–water partition coefficient (Wildman–Crippen LogP) is 2.45. The Labute approximate surface area is 156 Å². The molecule has 26 heavy (non-hydrogen) atoms. The van der Waals surface area contributed by atoms with Crippen molar-refractivity contribution in [1.82, 2.24) is 30.4 Å². The summed E-state index contributed by atoms with van der Waals surface area (Å²) >= 11 is 1.22. The molecule has 142 valence electrons. The van der Waals surface area contributed by atoms with E-state index in [0.717, 1.165) is 6.42 Å². The molecule has 0 radical (unpaired) electrons. The maximum Gasteiger partial charge on any atom is 0.408 e. The molecule has 2 rings (SSSR count). The zero-order valence-corrected chi connectivity index (χ0v) is 16.4. The van der Waals surface area contributed by atoms with Crippen LogP contribution in [0.5, 0.6) is 0 Å². The van der Waals surface area contributed by atoms with Crippen molar-refractivity contribution in [3.05, 3.63) is 23.2 Å². The van der Waals surface area contributed by atoms with E-state index in [-0.39, 0.29) is 5.91 Å². The number of nitrogens with zero attached hydrogens (tertiary/aromatic N) is 4. The van der Waals surface area contributed by atoms with Crippen LogP contribution in [-0.4, -0.2) is 43.9 Å². The van der Waals surface area contributed by atoms with Gasteiger partial charge >= 0.3 is 6.09 Å². The molecule has 2 aromatic rings. The Morgan fingerprint density at radius 1 is 1.35 bits per heavy atom. The Balaban J connectivity index is 2.02. The van der Waals surface area contributed by atoms with Crippen molar-refractivity contribution >= 4 is 23.3 Å². The van der Waals surface area contributed by atoms with Crippen molar-refractivity contribution in [1.29, 1.82) is 0 Å². The van der Waals surface area contributed by atoms with E-state index in [1.807, 2.05) is 6.92 Å². The number of aromatic nitrogens is 4. The number of ether oxygens (including phenoxy) is 1. The molecule has 10 heteroatoms. The second-order valence-electron chi connectivity index (χ2n) is 6.68. The van der Waals surface area contributed by atoms with E-state index in [2.05, 4.69) is 25.7 Å². The summed E-state index contributed by atoms with van der Waals surface area (Å²) in [6, 6.07) is -0.432. The van der Waals surface area contributed by atoms with Gasteiger partial charge in [0.2, 0.25) is 5.13 Å². The average Bonchev–Trinajstić information content (AvgIpc) is 3.19. The minimum absolute atomic E-state index is 0.157. The molecule has 2 N–H and O–H groups in total. The van der Waals surface area contributed by atoms with Crippen molar-refractivity contribution in [3.63, 3.8) is 0 Å². The summed E-state index contributed by atoms with van der Waals surface area (Å²) in [5, 5.41) is 10.3. The molecule has 0 bridgehead atoms. The van der Waals surface area contributed by atoms with Crippen molar-refractivity contribution < 1.29 is 14.3 Å². The molecule has 0 aliphatic carbocycles. The third kappa shape index (κ3) is 5.51. The predicted molar refractivity (Wildman–Crippen MR) is 97.4 cm³/mol. The van der Waals surface area contributed by atoms with E-state index in [4.69, 9.17) is 4.74 Å². The van der Waals surface area contributed by atoms with E-state index in [0.29, 0.717) is 22.4 Å². The summed E-state index contributed by atoms with van der Waals surface area (Å²) in [6.45, 7) is 9.74. The lowest BCUT2D eigenvalue weighted by Crippen LogP contribution is -2.34. The first-order valence-electron chi connectivity index (χ1n) is 8.35.